The molecule has 1 fully saturated rings. The van der Waals surface area contributed by atoms with Gasteiger partial charge in [0.15, 0.2) is 5.69 Å². The van der Waals surface area contributed by atoms with Gasteiger partial charge in [0.05, 0.1) is 0 Å². The Balaban J connectivity index is 1.83. The molecule has 9 heteroatoms. The van der Waals surface area contributed by atoms with E-state index in [1.807, 2.05) is 0 Å². The van der Waals surface area contributed by atoms with Gasteiger partial charge in [0.2, 0.25) is 5.91 Å². The van der Waals surface area contributed by atoms with Gasteiger partial charge in [0.1, 0.15) is 17.7 Å². The van der Waals surface area contributed by atoms with Gasteiger partial charge in [-0.1, -0.05) is 41.6 Å². The lowest BCUT2D eigenvalue weighted by Gasteiger charge is -2.32. The highest BCUT2D eigenvalue weighted by Gasteiger charge is 2.37. The second kappa shape index (κ2) is 9.30. The van der Waals surface area contributed by atoms with E-state index in [2.05, 4.69) is 14.9 Å². The van der Waals surface area contributed by atoms with Crippen LogP contribution in [0.5, 0.6) is 0 Å². The van der Waals surface area contributed by atoms with Crippen molar-refractivity contribution >= 4 is 29.0 Å². The molecule has 1 heterocycles. The van der Waals surface area contributed by atoms with Crippen LogP contribution in [0.2, 0.25) is 0 Å². The van der Waals surface area contributed by atoms with Gasteiger partial charge in [-0.3, -0.25) is 14.5 Å². The summed E-state index contributed by atoms with van der Waals surface area (Å²) >= 11 is 0.972. The first-order valence-electron chi connectivity index (χ1n) is 9.95. The molecule has 0 bridgehead atoms. The number of benzene rings is 2. The number of hydrogen-bond acceptors (Lipinski definition) is 5. The van der Waals surface area contributed by atoms with Gasteiger partial charge in [-0.05, 0) is 48.6 Å². The van der Waals surface area contributed by atoms with Crippen LogP contribution >= 0.6 is 11.5 Å². The molecule has 1 aliphatic carbocycles. The number of carbonyl (C=O) groups is 2. The fourth-order valence-electron chi connectivity index (χ4n) is 3.84. The van der Waals surface area contributed by atoms with Crippen molar-refractivity contribution in [2.75, 3.05) is 4.90 Å². The third kappa shape index (κ3) is 4.61. The molecule has 1 atom stereocenters. The van der Waals surface area contributed by atoms with Crippen LogP contribution in [0, 0.1) is 11.6 Å². The van der Waals surface area contributed by atoms with Crippen molar-refractivity contribution in [2.24, 2.45) is 0 Å². The summed E-state index contributed by atoms with van der Waals surface area (Å²) in [7, 11) is 0. The molecule has 4 rings (SSSR count). The van der Waals surface area contributed by atoms with Crippen LogP contribution in [0.3, 0.4) is 0 Å². The van der Waals surface area contributed by atoms with E-state index in [1.54, 1.807) is 6.07 Å². The standard InChI is InChI=1S/C22H20F2N4O2S/c23-14-6-5-9-16(12-14)28(22(30)19-13-31-27-26-19)20(17-10-3-4-11-18(17)24)21(29)25-15-7-1-2-8-15/h3-6,9-13,15,20H,1-2,7-8H2,(H,25,29)/t20-/m1/s1. The summed E-state index contributed by atoms with van der Waals surface area (Å²) in [6.07, 6.45) is 3.62. The average molecular weight is 442 g/mol. The van der Waals surface area contributed by atoms with E-state index >= 15 is 0 Å². The predicted octanol–water partition coefficient (Wildman–Crippen LogP) is 4.26. The van der Waals surface area contributed by atoms with Crippen LogP contribution in [-0.2, 0) is 4.79 Å². The topological polar surface area (TPSA) is 75.2 Å². The van der Waals surface area contributed by atoms with E-state index < -0.39 is 29.5 Å². The molecule has 1 N–H and O–H groups in total. The van der Waals surface area contributed by atoms with Gasteiger partial charge in [0.25, 0.3) is 5.91 Å². The SMILES string of the molecule is O=C(NC1CCCC1)[C@@H](c1ccccc1F)N(C(=O)c1csnn1)c1cccc(F)c1. The first-order chi connectivity index (χ1) is 15.0. The van der Waals surface area contributed by atoms with Gasteiger partial charge >= 0.3 is 0 Å². The first kappa shape index (κ1) is 21.0. The van der Waals surface area contributed by atoms with Crippen LogP contribution in [0.4, 0.5) is 14.5 Å². The molecule has 3 aromatic rings. The van der Waals surface area contributed by atoms with Crippen molar-refractivity contribution in [1.29, 1.82) is 0 Å². The summed E-state index contributed by atoms with van der Waals surface area (Å²) in [5.74, 6) is -2.43. The van der Waals surface area contributed by atoms with Crippen LogP contribution in [0.25, 0.3) is 0 Å². The van der Waals surface area contributed by atoms with Gasteiger partial charge in [-0.2, -0.15) is 0 Å². The smallest absolute Gasteiger partial charge is 0.280 e. The Bertz CT molecular complexity index is 1070. The monoisotopic (exact) mass is 442 g/mol. The Kier molecular flexibility index (Phi) is 6.31. The summed E-state index contributed by atoms with van der Waals surface area (Å²) in [6, 6.07) is 9.66. The summed E-state index contributed by atoms with van der Waals surface area (Å²) in [4.78, 5) is 27.9. The molecule has 160 valence electrons. The minimum Gasteiger partial charge on any atom is -0.351 e. The molecule has 1 aromatic heterocycles. The van der Waals surface area contributed by atoms with Crippen molar-refractivity contribution in [1.82, 2.24) is 14.9 Å². The van der Waals surface area contributed by atoms with E-state index in [-0.39, 0.29) is 23.0 Å². The molecule has 1 saturated carbocycles. The molecule has 31 heavy (non-hydrogen) atoms. The zero-order valence-corrected chi connectivity index (χ0v) is 17.3. The Morgan fingerprint density at radius 2 is 1.87 bits per heavy atom. The van der Waals surface area contributed by atoms with Crippen LogP contribution < -0.4 is 10.2 Å². The lowest BCUT2D eigenvalue weighted by atomic mass is 10.0. The molecule has 0 radical (unpaired) electrons. The first-order valence-corrected chi connectivity index (χ1v) is 10.8. The van der Waals surface area contributed by atoms with E-state index in [1.165, 1.54) is 41.8 Å². The van der Waals surface area contributed by atoms with Crippen molar-refractivity contribution < 1.29 is 18.4 Å². The van der Waals surface area contributed by atoms with Gasteiger partial charge in [0, 0.05) is 22.7 Å². The average Bonchev–Trinajstić information content (AvgIpc) is 3.46. The maximum atomic E-state index is 14.9. The Hall–Kier alpha value is -3.20. The molecular formula is C22H20F2N4O2S. The van der Waals surface area contributed by atoms with Crippen molar-refractivity contribution in [3.63, 3.8) is 0 Å². The van der Waals surface area contributed by atoms with E-state index in [4.69, 9.17) is 0 Å². The summed E-state index contributed by atoms with van der Waals surface area (Å²) < 4.78 is 32.6. The second-order valence-corrected chi connectivity index (χ2v) is 7.97. The van der Waals surface area contributed by atoms with Crippen LogP contribution in [0.15, 0.2) is 53.9 Å². The Morgan fingerprint density at radius 3 is 2.55 bits per heavy atom. The lowest BCUT2D eigenvalue weighted by Crippen LogP contribution is -2.46. The summed E-state index contributed by atoms with van der Waals surface area (Å²) in [5, 5.41) is 8.18. The highest BCUT2D eigenvalue weighted by molar-refractivity contribution is 7.03. The minimum atomic E-state index is -1.35. The largest absolute Gasteiger partial charge is 0.351 e. The number of rotatable bonds is 6. The molecule has 0 saturated heterocycles. The third-order valence-corrected chi connectivity index (χ3v) is 5.80. The number of carbonyl (C=O) groups excluding carboxylic acids is 2. The lowest BCUT2D eigenvalue weighted by molar-refractivity contribution is -0.123. The van der Waals surface area contributed by atoms with Gasteiger partial charge in [-0.15, -0.1) is 5.10 Å². The Labute approximate surface area is 182 Å². The van der Waals surface area contributed by atoms with E-state index in [0.29, 0.717) is 0 Å². The molecule has 6 nitrogen and oxygen atoms in total. The number of hydrogen-bond donors (Lipinski definition) is 1. The molecule has 0 aliphatic heterocycles. The molecule has 0 spiro atoms. The molecular weight excluding hydrogens is 422 g/mol. The number of nitrogens with zero attached hydrogens (tertiary/aromatic N) is 3. The fourth-order valence-corrected chi connectivity index (χ4v) is 4.27. The number of amides is 2. The minimum absolute atomic E-state index is 0.00994. The number of anilines is 1. The van der Waals surface area contributed by atoms with Crippen LogP contribution in [0.1, 0.15) is 47.8 Å². The summed E-state index contributed by atoms with van der Waals surface area (Å²) in [5.41, 5.74) is 0.121. The number of aromatic nitrogens is 2. The second-order valence-electron chi connectivity index (χ2n) is 7.36. The molecule has 2 amide bonds. The van der Waals surface area contributed by atoms with Gasteiger partial charge < -0.3 is 5.32 Å². The van der Waals surface area contributed by atoms with Crippen molar-refractivity contribution in [2.45, 2.75) is 37.8 Å². The Morgan fingerprint density at radius 1 is 1.10 bits per heavy atom. The maximum Gasteiger partial charge on any atom is 0.280 e. The molecule has 1 aliphatic rings. The number of nitrogens with one attached hydrogen (secondary N) is 1. The van der Waals surface area contributed by atoms with Gasteiger partial charge in [-0.25, -0.2) is 8.78 Å². The van der Waals surface area contributed by atoms with Crippen molar-refractivity contribution in [3.8, 4) is 0 Å². The fraction of sp³-hybridized carbons (Fsp3) is 0.273. The van der Waals surface area contributed by atoms with Crippen LogP contribution in [-0.4, -0.2) is 27.4 Å². The highest BCUT2D eigenvalue weighted by Crippen LogP contribution is 2.32. The quantitative estimate of drug-likeness (QED) is 0.619. The maximum absolute atomic E-state index is 14.9. The molecule has 2 aromatic carbocycles. The number of halogens is 2. The zero-order chi connectivity index (χ0) is 21.8. The highest BCUT2D eigenvalue weighted by atomic mass is 32.1. The van der Waals surface area contributed by atoms with E-state index in [9.17, 15) is 18.4 Å². The summed E-state index contributed by atoms with van der Waals surface area (Å²) in [6.45, 7) is 0. The van der Waals surface area contributed by atoms with Crippen molar-refractivity contribution in [3.05, 3.63) is 76.8 Å². The normalized spacial score (nSPS) is 14.9. The molecule has 0 unspecified atom stereocenters. The zero-order valence-electron chi connectivity index (χ0n) is 16.5. The van der Waals surface area contributed by atoms with E-state index in [0.717, 1.165) is 48.2 Å². The third-order valence-electron chi connectivity index (χ3n) is 5.29. The predicted molar refractivity (Wildman–Crippen MR) is 113 cm³/mol.